The van der Waals surface area contributed by atoms with Gasteiger partial charge in [0.05, 0.1) is 18.6 Å². The maximum atomic E-state index is 12.9. The van der Waals surface area contributed by atoms with Crippen LogP contribution in [0.25, 0.3) is 0 Å². The summed E-state index contributed by atoms with van der Waals surface area (Å²) in [4.78, 5) is 12.2. The zero-order chi connectivity index (χ0) is 19.9. The van der Waals surface area contributed by atoms with E-state index in [0.29, 0.717) is 31.0 Å². The molecular weight excluding hydrogens is 371 g/mol. The molecule has 0 bridgehead atoms. The van der Waals surface area contributed by atoms with Crippen LogP contribution < -0.4 is 14.4 Å². The first kappa shape index (κ1) is 20.7. The molecule has 1 amide bonds. The Morgan fingerprint density at radius 1 is 1.11 bits per heavy atom. The van der Waals surface area contributed by atoms with Gasteiger partial charge in [0.25, 0.3) is 0 Å². The van der Waals surface area contributed by atoms with Gasteiger partial charge in [0.15, 0.2) is 0 Å². The summed E-state index contributed by atoms with van der Waals surface area (Å²) in [7, 11) is -3.63. The van der Waals surface area contributed by atoms with Gasteiger partial charge < -0.3 is 10.1 Å². The van der Waals surface area contributed by atoms with E-state index in [4.69, 9.17) is 4.74 Å². The molecule has 1 N–H and O–H groups in total. The van der Waals surface area contributed by atoms with Crippen molar-refractivity contribution in [1.82, 2.24) is 5.32 Å². The molecule has 146 valence electrons. The Bertz CT molecular complexity index is 852. The monoisotopic (exact) mass is 394 g/mol. The van der Waals surface area contributed by atoms with Gasteiger partial charge in [0.2, 0.25) is 15.9 Å². The summed E-state index contributed by atoms with van der Waals surface area (Å²) < 4.78 is 43.4. The lowest BCUT2D eigenvalue weighted by molar-refractivity contribution is -0.119. The molecule has 0 heterocycles. The second-order valence-electron chi connectivity index (χ2n) is 5.92. The molecule has 8 heteroatoms. The summed E-state index contributed by atoms with van der Waals surface area (Å²) in [5.41, 5.74) is 1.26. The molecule has 2 rings (SSSR count). The Kier molecular flexibility index (Phi) is 7.18. The molecule has 0 aliphatic heterocycles. The number of ether oxygens (including phenoxy) is 1. The maximum Gasteiger partial charge on any atom is 0.240 e. The van der Waals surface area contributed by atoms with E-state index in [-0.39, 0.29) is 12.4 Å². The molecule has 0 radical (unpaired) electrons. The predicted molar refractivity (Wildman–Crippen MR) is 103 cm³/mol. The van der Waals surface area contributed by atoms with Crippen LogP contribution in [0.3, 0.4) is 0 Å². The van der Waals surface area contributed by atoms with Gasteiger partial charge >= 0.3 is 0 Å². The average Bonchev–Trinajstić information content (AvgIpc) is 2.62. The van der Waals surface area contributed by atoms with Crippen LogP contribution in [0.1, 0.15) is 12.5 Å². The number of benzene rings is 2. The van der Waals surface area contributed by atoms with E-state index < -0.39 is 15.9 Å². The Labute approximate surface area is 159 Å². The summed E-state index contributed by atoms with van der Waals surface area (Å²) in [5.74, 6) is -0.114. The number of amides is 1. The number of sulfonamides is 1. The van der Waals surface area contributed by atoms with E-state index in [9.17, 15) is 17.6 Å². The molecule has 0 fully saturated rings. The van der Waals surface area contributed by atoms with E-state index in [2.05, 4.69) is 5.32 Å². The topological polar surface area (TPSA) is 75.7 Å². The molecule has 27 heavy (non-hydrogen) atoms. The number of carbonyl (C=O) groups is 1. The molecular formula is C19H23FN2O4S. The third-order valence-corrected chi connectivity index (χ3v) is 4.91. The molecule has 0 spiro atoms. The van der Waals surface area contributed by atoms with E-state index in [1.807, 2.05) is 6.92 Å². The highest BCUT2D eigenvalue weighted by Crippen LogP contribution is 2.21. The van der Waals surface area contributed by atoms with Crippen molar-refractivity contribution in [3.05, 3.63) is 59.9 Å². The third-order valence-electron chi connectivity index (χ3n) is 3.77. The number of nitrogens with zero attached hydrogens (tertiary/aromatic N) is 1. The minimum atomic E-state index is -3.63. The average molecular weight is 394 g/mol. The number of nitrogens with one attached hydrogen (secondary N) is 1. The zero-order valence-electron chi connectivity index (χ0n) is 15.3. The van der Waals surface area contributed by atoms with Crippen LogP contribution in [0, 0.1) is 5.82 Å². The number of anilines is 1. The van der Waals surface area contributed by atoms with Crippen molar-refractivity contribution in [3.8, 4) is 5.75 Å². The van der Waals surface area contributed by atoms with Crippen LogP contribution in [-0.4, -0.2) is 40.3 Å². The van der Waals surface area contributed by atoms with Crippen LogP contribution in [0.5, 0.6) is 5.75 Å². The number of hydrogen-bond acceptors (Lipinski definition) is 4. The van der Waals surface area contributed by atoms with E-state index in [0.717, 1.165) is 16.1 Å². The lowest BCUT2D eigenvalue weighted by atomic mass is 10.1. The van der Waals surface area contributed by atoms with Crippen LogP contribution >= 0.6 is 0 Å². The first-order chi connectivity index (χ1) is 12.8. The Hall–Kier alpha value is -2.61. The molecule has 0 atom stereocenters. The molecule has 0 saturated carbocycles. The molecule has 2 aromatic carbocycles. The van der Waals surface area contributed by atoms with Crippen molar-refractivity contribution >= 4 is 21.6 Å². The molecule has 0 saturated heterocycles. The van der Waals surface area contributed by atoms with Gasteiger partial charge in [-0.15, -0.1) is 0 Å². The minimum Gasteiger partial charge on any atom is -0.494 e. The molecule has 0 unspecified atom stereocenters. The lowest BCUT2D eigenvalue weighted by Crippen LogP contribution is -2.40. The Morgan fingerprint density at radius 3 is 2.30 bits per heavy atom. The predicted octanol–water partition coefficient (Wildman–Crippen LogP) is 2.35. The summed E-state index contributed by atoms with van der Waals surface area (Å²) in [5, 5.41) is 2.69. The normalized spacial score (nSPS) is 11.1. The van der Waals surface area contributed by atoms with Crippen LogP contribution in [0.4, 0.5) is 10.1 Å². The molecule has 0 aromatic heterocycles. The maximum absolute atomic E-state index is 12.9. The largest absolute Gasteiger partial charge is 0.494 e. The zero-order valence-corrected chi connectivity index (χ0v) is 16.1. The summed E-state index contributed by atoms with van der Waals surface area (Å²) in [6.45, 7) is 2.36. The Morgan fingerprint density at radius 2 is 1.74 bits per heavy atom. The smallest absolute Gasteiger partial charge is 0.240 e. The third kappa shape index (κ3) is 6.56. The fourth-order valence-corrected chi connectivity index (χ4v) is 3.32. The highest BCUT2D eigenvalue weighted by Gasteiger charge is 2.20. The number of rotatable bonds is 9. The fraction of sp³-hybridized carbons (Fsp3) is 0.316. The standard InChI is InChI=1S/C19H23FN2O4S/c1-3-26-18-10-8-17(9-11-18)22(27(2,24)25)14-19(23)21-13-12-15-4-6-16(20)7-5-15/h4-11H,3,12-14H2,1-2H3,(H,21,23). The second kappa shape index (κ2) is 9.36. The number of carbonyl (C=O) groups excluding carboxylic acids is 1. The molecule has 0 aliphatic carbocycles. The summed E-state index contributed by atoms with van der Waals surface area (Å²) in [6, 6.07) is 12.5. The molecule has 2 aromatic rings. The first-order valence-electron chi connectivity index (χ1n) is 8.51. The second-order valence-corrected chi connectivity index (χ2v) is 7.83. The first-order valence-corrected chi connectivity index (χ1v) is 10.4. The van der Waals surface area contributed by atoms with Crippen molar-refractivity contribution < 1.29 is 22.3 Å². The number of hydrogen-bond donors (Lipinski definition) is 1. The summed E-state index contributed by atoms with van der Waals surface area (Å²) >= 11 is 0. The SMILES string of the molecule is CCOc1ccc(N(CC(=O)NCCc2ccc(F)cc2)S(C)(=O)=O)cc1. The van der Waals surface area contributed by atoms with Gasteiger partial charge in [-0.1, -0.05) is 12.1 Å². The van der Waals surface area contributed by atoms with Gasteiger partial charge in [-0.05, 0) is 55.3 Å². The van der Waals surface area contributed by atoms with E-state index >= 15 is 0 Å². The highest BCUT2D eigenvalue weighted by molar-refractivity contribution is 7.92. The lowest BCUT2D eigenvalue weighted by Gasteiger charge is -2.22. The van der Waals surface area contributed by atoms with Crippen molar-refractivity contribution in [2.45, 2.75) is 13.3 Å². The van der Waals surface area contributed by atoms with Gasteiger partial charge in [-0.25, -0.2) is 12.8 Å². The highest BCUT2D eigenvalue weighted by atomic mass is 32.2. The van der Waals surface area contributed by atoms with E-state index in [1.54, 1.807) is 36.4 Å². The van der Waals surface area contributed by atoms with Crippen molar-refractivity contribution in [2.24, 2.45) is 0 Å². The fourth-order valence-electron chi connectivity index (χ4n) is 2.46. The quantitative estimate of drug-likeness (QED) is 0.708. The Balaban J connectivity index is 1.96. The summed E-state index contributed by atoms with van der Waals surface area (Å²) in [6.07, 6.45) is 1.57. The minimum absolute atomic E-state index is 0.318. The van der Waals surface area contributed by atoms with Crippen LogP contribution in [0.2, 0.25) is 0 Å². The number of halogens is 1. The van der Waals surface area contributed by atoms with Crippen molar-refractivity contribution in [2.75, 3.05) is 30.3 Å². The van der Waals surface area contributed by atoms with Gasteiger partial charge in [0, 0.05) is 6.54 Å². The van der Waals surface area contributed by atoms with Crippen molar-refractivity contribution in [3.63, 3.8) is 0 Å². The van der Waals surface area contributed by atoms with Gasteiger partial charge in [-0.2, -0.15) is 0 Å². The van der Waals surface area contributed by atoms with Crippen molar-refractivity contribution in [1.29, 1.82) is 0 Å². The van der Waals surface area contributed by atoms with Crippen LogP contribution in [-0.2, 0) is 21.2 Å². The van der Waals surface area contributed by atoms with Gasteiger partial charge in [-0.3, -0.25) is 9.10 Å². The van der Waals surface area contributed by atoms with E-state index in [1.165, 1.54) is 12.1 Å². The molecule has 0 aliphatic rings. The molecule has 6 nitrogen and oxygen atoms in total. The van der Waals surface area contributed by atoms with Crippen LogP contribution in [0.15, 0.2) is 48.5 Å². The van der Waals surface area contributed by atoms with Gasteiger partial charge in [0.1, 0.15) is 18.1 Å².